The van der Waals surface area contributed by atoms with Crippen LogP contribution in [0, 0.1) is 11.3 Å². The molecule has 0 aromatic carbocycles. The minimum absolute atomic E-state index is 0.0155. The lowest BCUT2D eigenvalue weighted by atomic mass is 10.4. The molecule has 0 saturated heterocycles. The van der Waals surface area contributed by atoms with E-state index in [4.69, 9.17) is 5.26 Å². The Bertz CT molecular complexity index is 589. The standard InChI is InChI=1S/C12H17N5O2S/c1-2-14-12-15-8-11(9-16-12)20(18,19)17(7-3-6-13)10-4-5-10/h8-10H,2-5,7H2,1H3,(H,14,15,16). The van der Waals surface area contributed by atoms with Crippen molar-refractivity contribution < 1.29 is 8.42 Å². The van der Waals surface area contributed by atoms with Crippen LogP contribution in [-0.4, -0.2) is 41.8 Å². The van der Waals surface area contributed by atoms with E-state index in [1.165, 1.54) is 16.7 Å². The lowest BCUT2D eigenvalue weighted by Gasteiger charge is -2.20. The van der Waals surface area contributed by atoms with Crippen LogP contribution in [0.25, 0.3) is 0 Å². The van der Waals surface area contributed by atoms with Crippen molar-refractivity contribution in [1.82, 2.24) is 14.3 Å². The number of hydrogen-bond donors (Lipinski definition) is 1. The van der Waals surface area contributed by atoms with Crippen LogP contribution in [0.15, 0.2) is 17.3 Å². The van der Waals surface area contributed by atoms with Gasteiger partial charge in [0, 0.05) is 25.6 Å². The van der Waals surface area contributed by atoms with Gasteiger partial charge in [0.05, 0.1) is 18.5 Å². The number of nitrogens with one attached hydrogen (secondary N) is 1. The number of nitriles is 1. The Morgan fingerprint density at radius 1 is 1.45 bits per heavy atom. The molecule has 0 aliphatic heterocycles. The third kappa shape index (κ3) is 3.23. The van der Waals surface area contributed by atoms with Gasteiger partial charge in [0.2, 0.25) is 16.0 Å². The van der Waals surface area contributed by atoms with Gasteiger partial charge in [0.1, 0.15) is 4.90 Å². The summed E-state index contributed by atoms with van der Waals surface area (Å²) >= 11 is 0. The number of sulfonamides is 1. The van der Waals surface area contributed by atoms with Gasteiger partial charge >= 0.3 is 0 Å². The minimum atomic E-state index is -3.61. The molecular formula is C12H17N5O2S. The first kappa shape index (κ1) is 14.7. The zero-order valence-corrected chi connectivity index (χ0v) is 12.1. The van der Waals surface area contributed by atoms with Gasteiger partial charge in [-0.3, -0.25) is 0 Å². The van der Waals surface area contributed by atoms with Crippen molar-refractivity contribution in [1.29, 1.82) is 5.26 Å². The summed E-state index contributed by atoms with van der Waals surface area (Å²) < 4.78 is 26.4. The molecule has 8 heteroatoms. The molecule has 1 fully saturated rings. The maximum absolute atomic E-state index is 12.5. The molecule has 108 valence electrons. The highest BCUT2D eigenvalue weighted by molar-refractivity contribution is 7.89. The van der Waals surface area contributed by atoms with Crippen molar-refractivity contribution in [2.24, 2.45) is 0 Å². The monoisotopic (exact) mass is 295 g/mol. The van der Waals surface area contributed by atoms with Crippen LogP contribution < -0.4 is 5.32 Å². The number of hydrogen-bond acceptors (Lipinski definition) is 6. The summed E-state index contributed by atoms with van der Waals surface area (Å²) in [6.07, 6.45) is 4.50. The summed E-state index contributed by atoms with van der Waals surface area (Å²) in [7, 11) is -3.61. The van der Waals surface area contributed by atoms with Gasteiger partial charge in [-0.2, -0.15) is 9.57 Å². The van der Waals surface area contributed by atoms with Gasteiger partial charge < -0.3 is 5.32 Å². The molecule has 1 N–H and O–H groups in total. The van der Waals surface area contributed by atoms with Crippen LogP contribution >= 0.6 is 0 Å². The summed E-state index contributed by atoms with van der Waals surface area (Å²) in [5.74, 6) is 0.404. The average Bonchev–Trinajstić information content (AvgIpc) is 3.24. The Kier molecular flexibility index (Phi) is 4.52. The SMILES string of the molecule is CCNc1ncc(S(=O)(=O)N(CCC#N)C2CC2)cn1. The molecule has 20 heavy (non-hydrogen) atoms. The third-order valence-electron chi connectivity index (χ3n) is 2.97. The molecule has 0 radical (unpaired) electrons. The van der Waals surface area contributed by atoms with Crippen LogP contribution in [0.2, 0.25) is 0 Å². The molecular weight excluding hydrogens is 278 g/mol. The van der Waals surface area contributed by atoms with E-state index in [0.29, 0.717) is 12.5 Å². The van der Waals surface area contributed by atoms with Gasteiger partial charge in [-0.25, -0.2) is 18.4 Å². The summed E-state index contributed by atoms with van der Waals surface area (Å²) in [5, 5.41) is 11.6. The molecule has 0 atom stereocenters. The molecule has 1 heterocycles. The third-order valence-corrected chi connectivity index (χ3v) is 4.87. The van der Waals surface area contributed by atoms with Gasteiger partial charge in [-0.1, -0.05) is 0 Å². The Morgan fingerprint density at radius 3 is 2.60 bits per heavy atom. The lowest BCUT2D eigenvalue weighted by Crippen LogP contribution is -2.34. The molecule has 0 unspecified atom stereocenters. The number of aromatic nitrogens is 2. The van der Waals surface area contributed by atoms with Crippen LogP contribution in [0.5, 0.6) is 0 Å². The molecule has 1 aromatic heterocycles. The molecule has 0 bridgehead atoms. The van der Waals surface area contributed by atoms with Crippen molar-refractivity contribution in [2.45, 2.75) is 37.1 Å². The molecule has 2 rings (SSSR count). The number of nitrogens with zero attached hydrogens (tertiary/aromatic N) is 4. The zero-order chi connectivity index (χ0) is 14.6. The normalized spacial score (nSPS) is 15.1. The van der Waals surface area contributed by atoms with Crippen molar-refractivity contribution in [3.05, 3.63) is 12.4 Å². The predicted octanol–water partition coefficient (Wildman–Crippen LogP) is 0.975. The first-order valence-corrected chi connectivity index (χ1v) is 7.98. The van der Waals surface area contributed by atoms with Gasteiger partial charge in [0.25, 0.3) is 0 Å². The number of anilines is 1. The van der Waals surface area contributed by atoms with Crippen LogP contribution in [0.4, 0.5) is 5.95 Å². The van der Waals surface area contributed by atoms with Crippen molar-refractivity contribution >= 4 is 16.0 Å². The van der Waals surface area contributed by atoms with Crippen molar-refractivity contribution in [2.75, 3.05) is 18.4 Å². The van der Waals surface area contributed by atoms with E-state index in [-0.39, 0.29) is 23.9 Å². The fraction of sp³-hybridized carbons (Fsp3) is 0.583. The molecule has 7 nitrogen and oxygen atoms in total. The first-order chi connectivity index (χ1) is 9.59. The van der Waals surface area contributed by atoms with Gasteiger partial charge in [-0.05, 0) is 19.8 Å². The number of rotatable bonds is 7. The van der Waals surface area contributed by atoms with Gasteiger partial charge in [0.15, 0.2) is 0 Å². The van der Waals surface area contributed by atoms with Crippen molar-refractivity contribution in [3.8, 4) is 6.07 Å². The van der Waals surface area contributed by atoms with Crippen molar-refractivity contribution in [3.63, 3.8) is 0 Å². The Hall–Kier alpha value is -1.72. The zero-order valence-electron chi connectivity index (χ0n) is 11.3. The predicted molar refractivity (Wildman–Crippen MR) is 73.3 cm³/mol. The maximum atomic E-state index is 12.5. The van der Waals surface area contributed by atoms with Gasteiger partial charge in [-0.15, -0.1) is 0 Å². The maximum Gasteiger partial charge on any atom is 0.246 e. The highest BCUT2D eigenvalue weighted by atomic mass is 32.2. The fourth-order valence-electron chi connectivity index (χ4n) is 1.86. The second-order valence-corrected chi connectivity index (χ2v) is 6.42. The fourth-order valence-corrected chi connectivity index (χ4v) is 3.43. The van der Waals surface area contributed by atoms with Crippen LogP contribution in [0.1, 0.15) is 26.2 Å². The highest BCUT2D eigenvalue weighted by Crippen LogP contribution is 2.31. The Morgan fingerprint density at radius 2 is 2.10 bits per heavy atom. The van der Waals surface area contributed by atoms with E-state index in [9.17, 15) is 8.42 Å². The molecule has 1 aliphatic carbocycles. The summed E-state index contributed by atoms with van der Waals surface area (Å²) in [5.41, 5.74) is 0. The second-order valence-electron chi connectivity index (χ2n) is 4.53. The summed E-state index contributed by atoms with van der Waals surface area (Å²) in [6, 6.07) is 2.00. The molecule has 0 spiro atoms. The molecule has 1 saturated carbocycles. The van der Waals surface area contributed by atoms with E-state index in [1.54, 1.807) is 0 Å². The molecule has 1 aromatic rings. The average molecular weight is 295 g/mol. The first-order valence-electron chi connectivity index (χ1n) is 6.54. The molecule has 0 amide bonds. The summed E-state index contributed by atoms with van der Waals surface area (Å²) in [6.45, 7) is 2.80. The summed E-state index contributed by atoms with van der Waals surface area (Å²) in [4.78, 5) is 8.04. The van der Waals surface area contributed by atoms with E-state index < -0.39 is 10.0 Å². The van der Waals surface area contributed by atoms with E-state index in [0.717, 1.165) is 12.8 Å². The Labute approximate surface area is 118 Å². The lowest BCUT2D eigenvalue weighted by molar-refractivity contribution is 0.410. The smallest absolute Gasteiger partial charge is 0.246 e. The van der Waals surface area contributed by atoms with E-state index >= 15 is 0 Å². The Balaban J connectivity index is 2.21. The van der Waals surface area contributed by atoms with Crippen LogP contribution in [-0.2, 0) is 10.0 Å². The topological polar surface area (TPSA) is 99.0 Å². The van der Waals surface area contributed by atoms with Crippen LogP contribution in [0.3, 0.4) is 0 Å². The highest BCUT2D eigenvalue weighted by Gasteiger charge is 2.38. The second kappa shape index (κ2) is 6.15. The minimum Gasteiger partial charge on any atom is -0.355 e. The largest absolute Gasteiger partial charge is 0.355 e. The van der Waals surface area contributed by atoms with E-state index in [2.05, 4.69) is 15.3 Å². The molecule has 1 aliphatic rings. The quantitative estimate of drug-likeness (QED) is 0.805. The van der Waals surface area contributed by atoms with E-state index in [1.807, 2.05) is 13.0 Å².